The molecule has 1 N–H and O–H groups in total. The van der Waals surface area contributed by atoms with E-state index in [1.807, 2.05) is 18.2 Å². The summed E-state index contributed by atoms with van der Waals surface area (Å²) >= 11 is 3.24. The first kappa shape index (κ1) is 8.44. The number of aromatic nitrogens is 2. The van der Waals surface area contributed by atoms with Crippen LogP contribution < -0.4 is 5.56 Å². The van der Waals surface area contributed by atoms with Crippen molar-refractivity contribution in [1.29, 1.82) is 0 Å². The third-order valence-corrected chi connectivity index (χ3v) is 2.32. The van der Waals surface area contributed by atoms with Gasteiger partial charge in [-0.2, -0.15) is 0 Å². The molecule has 0 saturated heterocycles. The third kappa shape index (κ3) is 1.49. The summed E-state index contributed by atoms with van der Waals surface area (Å²) < 4.78 is 0. The summed E-state index contributed by atoms with van der Waals surface area (Å²) in [5.41, 5.74) is 0.653. The molecule has 1 aromatic carbocycles. The molecule has 0 atom stereocenters. The lowest BCUT2D eigenvalue weighted by molar-refractivity contribution is 1.05. The van der Waals surface area contributed by atoms with Gasteiger partial charge in [-0.25, -0.2) is 4.98 Å². The van der Waals surface area contributed by atoms with Crippen LogP contribution in [0.15, 0.2) is 29.1 Å². The number of fused-ring (bicyclic) bond motifs is 1. The molecule has 13 heavy (non-hydrogen) atoms. The van der Waals surface area contributed by atoms with Crippen LogP contribution in [0.25, 0.3) is 10.9 Å². The van der Waals surface area contributed by atoms with Crippen molar-refractivity contribution in [3.8, 4) is 0 Å². The van der Waals surface area contributed by atoms with Gasteiger partial charge in [0, 0.05) is 0 Å². The normalized spacial score (nSPS) is 10.5. The van der Waals surface area contributed by atoms with Crippen LogP contribution in [0.1, 0.15) is 5.82 Å². The van der Waals surface area contributed by atoms with E-state index in [2.05, 4.69) is 25.9 Å². The molecular formula is C9H7BrN2O. The van der Waals surface area contributed by atoms with E-state index in [1.165, 1.54) is 0 Å². The molecule has 0 radical (unpaired) electrons. The SMILES string of the molecule is O=c1[nH]c(CBr)nc2ccccc12. The van der Waals surface area contributed by atoms with Crippen molar-refractivity contribution in [3.05, 3.63) is 40.4 Å². The molecule has 1 aromatic heterocycles. The molecular weight excluding hydrogens is 232 g/mol. The van der Waals surface area contributed by atoms with Gasteiger partial charge in [0.25, 0.3) is 5.56 Å². The third-order valence-electron chi connectivity index (χ3n) is 1.79. The second-order valence-electron chi connectivity index (χ2n) is 2.66. The highest BCUT2D eigenvalue weighted by molar-refractivity contribution is 9.08. The molecule has 0 aliphatic carbocycles. The van der Waals surface area contributed by atoms with E-state index in [0.29, 0.717) is 16.5 Å². The standard InChI is InChI=1S/C9H7BrN2O/c10-5-8-11-7-4-2-1-3-6(7)9(13)12-8/h1-4H,5H2,(H,11,12,13). The van der Waals surface area contributed by atoms with Crippen LogP contribution >= 0.6 is 15.9 Å². The van der Waals surface area contributed by atoms with Crippen LogP contribution in [-0.2, 0) is 5.33 Å². The summed E-state index contributed by atoms with van der Waals surface area (Å²) in [6.07, 6.45) is 0. The lowest BCUT2D eigenvalue weighted by Gasteiger charge is -1.98. The molecule has 0 aliphatic rings. The molecule has 1 heterocycles. The van der Waals surface area contributed by atoms with Gasteiger partial charge in [0.15, 0.2) is 0 Å². The fourth-order valence-electron chi connectivity index (χ4n) is 1.20. The molecule has 0 amide bonds. The van der Waals surface area contributed by atoms with Gasteiger partial charge < -0.3 is 4.98 Å². The minimum Gasteiger partial charge on any atom is -0.309 e. The number of H-pyrrole nitrogens is 1. The zero-order valence-corrected chi connectivity index (χ0v) is 8.34. The summed E-state index contributed by atoms with van der Waals surface area (Å²) in [5, 5.41) is 1.19. The van der Waals surface area contributed by atoms with E-state index < -0.39 is 0 Å². The number of hydrogen-bond acceptors (Lipinski definition) is 2. The molecule has 4 heteroatoms. The molecule has 0 aliphatic heterocycles. The fraction of sp³-hybridized carbons (Fsp3) is 0.111. The molecule has 2 rings (SSSR count). The summed E-state index contributed by atoms with van der Waals surface area (Å²) in [6, 6.07) is 7.29. The van der Waals surface area contributed by atoms with Crippen LogP contribution in [-0.4, -0.2) is 9.97 Å². The molecule has 0 spiro atoms. The van der Waals surface area contributed by atoms with Gasteiger partial charge in [-0.3, -0.25) is 4.79 Å². The predicted molar refractivity (Wildman–Crippen MR) is 55.0 cm³/mol. The highest BCUT2D eigenvalue weighted by atomic mass is 79.9. The number of para-hydroxylation sites is 1. The molecule has 0 bridgehead atoms. The Morgan fingerprint density at radius 1 is 1.38 bits per heavy atom. The van der Waals surface area contributed by atoms with Crippen LogP contribution in [0.3, 0.4) is 0 Å². The number of rotatable bonds is 1. The van der Waals surface area contributed by atoms with E-state index in [1.54, 1.807) is 6.07 Å². The Morgan fingerprint density at radius 2 is 2.15 bits per heavy atom. The monoisotopic (exact) mass is 238 g/mol. The Hall–Kier alpha value is -1.16. The zero-order valence-electron chi connectivity index (χ0n) is 6.75. The van der Waals surface area contributed by atoms with Crippen molar-refractivity contribution in [3.63, 3.8) is 0 Å². The molecule has 2 aromatic rings. The Morgan fingerprint density at radius 3 is 2.92 bits per heavy atom. The summed E-state index contributed by atoms with van der Waals surface area (Å²) in [4.78, 5) is 18.4. The first-order valence-corrected chi connectivity index (χ1v) is 4.97. The predicted octanol–water partition coefficient (Wildman–Crippen LogP) is 1.82. The van der Waals surface area contributed by atoms with Crippen molar-refractivity contribution in [2.24, 2.45) is 0 Å². The van der Waals surface area contributed by atoms with Gasteiger partial charge in [0.05, 0.1) is 16.2 Å². The zero-order chi connectivity index (χ0) is 9.26. The number of aromatic amines is 1. The van der Waals surface area contributed by atoms with Gasteiger partial charge in [-0.1, -0.05) is 28.1 Å². The lowest BCUT2D eigenvalue weighted by Crippen LogP contribution is -2.10. The van der Waals surface area contributed by atoms with E-state index in [9.17, 15) is 4.79 Å². The number of alkyl halides is 1. The van der Waals surface area contributed by atoms with E-state index >= 15 is 0 Å². The minimum absolute atomic E-state index is 0.0833. The Labute approximate surface area is 82.9 Å². The van der Waals surface area contributed by atoms with Crippen LogP contribution in [0.4, 0.5) is 0 Å². The van der Waals surface area contributed by atoms with Gasteiger partial charge in [-0.15, -0.1) is 0 Å². The molecule has 0 fully saturated rings. The Bertz CT molecular complexity index is 492. The summed E-state index contributed by atoms with van der Waals surface area (Å²) in [5.74, 6) is 0.656. The molecule has 0 unspecified atom stereocenters. The molecule has 0 saturated carbocycles. The lowest BCUT2D eigenvalue weighted by atomic mass is 10.2. The quantitative estimate of drug-likeness (QED) is 0.771. The average Bonchev–Trinajstić information content (AvgIpc) is 2.18. The molecule has 3 nitrogen and oxygen atoms in total. The maximum atomic E-state index is 11.4. The van der Waals surface area contributed by atoms with Crippen molar-refractivity contribution in [1.82, 2.24) is 9.97 Å². The van der Waals surface area contributed by atoms with E-state index in [-0.39, 0.29) is 5.56 Å². The van der Waals surface area contributed by atoms with Crippen LogP contribution in [0, 0.1) is 0 Å². The number of hydrogen-bond donors (Lipinski definition) is 1. The Kier molecular flexibility index (Phi) is 2.14. The maximum absolute atomic E-state index is 11.4. The first-order chi connectivity index (χ1) is 6.31. The number of nitrogens with one attached hydrogen (secondary N) is 1. The van der Waals surface area contributed by atoms with Crippen LogP contribution in [0.2, 0.25) is 0 Å². The van der Waals surface area contributed by atoms with Gasteiger partial charge in [0.2, 0.25) is 0 Å². The van der Waals surface area contributed by atoms with E-state index in [0.717, 1.165) is 5.52 Å². The smallest absolute Gasteiger partial charge is 0.258 e. The fourth-order valence-corrected chi connectivity index (χ4v) is 1.46. The van der Waals surface area contributed by atoms with Crippen molar-refractivity contribution in [2.45, 2.75) is 5.33 Å². The van der Waals surface area contributed by atoms with Gasteiger partial charge in [-0.05, 0) is 12.1 Å². The van der Waals surface area contributed by atoms with Crippen molar-refractivity contribution >= 4 is 26.8 Å². The van der Waals surface area contributed by atoms with Crippen molar-refractivity contribution in [2.75, 3.05) is 0 Å². The highest BCUT2D eigenvalue weighted by Gasteiger charge is 2.00. The highest BCUT2D eigenvalue weighted by Crippen LogP contribution is 2.06. The largest absolute Gasteiger partial charge is 0.309 e. The topological polar surface area (TPSA) is 45.8 Å². The van der Waals surface area contributed by atoms with Crippen molar-refractivity contribution < 1.29 is 0 Å². The molecule has 66 valence electrons. The van der Waals surface area contributed by atoms with Crippen LogP contribution in [0.5, 0.6) is 0 Å². The minimum atomic E-state index is -0.0833. The second kappa shape index (κ2) is 3.30. The average molecular weight is 239 g/mol. The number of halogens is 1. The summed E-state index contributed by atoms with van der Waals surface area (Å²) in [6.45, 7) is 0. The van der Waals surface area contributed by atoms with Gasteiger partial charge >= 0.3 is 0 Å². The first-order valence-electron chi connectivity index (χ1n) is 3.85. The number of benzene rings is 1. The Balaban J connectivity index is 2.85. The number of nitrogens with zero attached hydrogens (tertiary/aromatic N) is 1. The van der Waals surface area contributed by atoms with Gasteiger partial charge in [0.1, 0.15) is 5.82 Å². The van der Waals surface area contributed by atoms with E-state index in [4.69, 9.17) is 0 Å². The maximum Gasteiger partial charge on any atom is 0.258 e. The summed E-state index contributed by atoms with van der Waals surface area (Å²) in [7, 11) is 0. The second-order valence-corrected chi connectivity index (χ2v) is 3.22.